The van der Waals surface area contributed by atoms with Gasteiger partial charge in [0.05, 0.1) is 4.90 Å². The maximum absolute atomic E-state index is 11.9. The Kier molecular flexibility index (Phi) is 6.51. The van der Waals surface area contributed by atoms with Gasteiger partial charge >= 0.3 is 5.51 Å². The van der Waals surface area contributed by atoms with E-state index in [1.807, 2.05) is 6.92 Å². The van der Waals surface area contributed by atoms with Gasteiger partial charge in [0.2, 0.25) is 10.0 Å². The zero-order chi connectivity index (χ0) is 16.1. The van der Waals surface area contributed by atoms with Crippen molar-refractivity contribution in [1.82, 2.24) is 10.0 Å². The molecule has 1 aromatic rings. The van der Waals surface area contributed by atoms with Gasteiger partial charge in [0, 0.05) is 18.3 Å². The van der Waals surface area contributed by atoms with Crippen LogP contribution >= 0.6 is 11.8 Å². The maximum atomic E-state index is 11.9. The lowest BCUT2D eigenvalue weighted by atomic mass is 10.1. The Morgan fingerprint density at radius 2 is 1.81 bits per heavy atom. The fraction of sp³-hybridized carbons (Fsp3) is 0.500. The van der Waals surface area contributed by atoms with Crippen molar-refractivity contribution < 1.29 is 21.6 Å². The molecule has 1 unspecified atom stereocenters. The van der Waals surface area contributed by atoms with E-state index in [2.05, 4.69) is 10.0 Å². The Bertz CT molecular complexity index is 545. The molecule has 0 aliphatic heterocycles. The lowest BCUT2D eigenvalue weighted by Gasteiger charge is -2.12. The van der Waals surface area contributed by atoms with E-state index in [0.29, 0.717) is 0 Å². The van der Waals surface area contributed by atoms with Gasteiger partial charge in [-0.05, 0) is 43.4 Å². The standard InChI is InChI=1S/C12H17F3N2O2S2/c1-9(16-2)10-3-5-11(6-4-10)21(18,19)17-7-8-20-12(13,14)15/h3-6,9,16-17H,7-8H2,1-2H3. The van der Waals surface area contributed by atoms with E-state index in [4.69, 9.17) is 0 Å². The van der Waals surface area contributed by atoms with Crippen LogP contribution in [0.5, 0.6) is 0 Å². The van der Waals surface area contributed by atoms with Crippen molar-refractivity contribution in [2.45, 2.75) is 23.4 Å². The average Bonchev–Trinajstić information content (AvgIpc) is 2.42. The molecule has 1 rings (SSSR count). The molecule has 0 spiro atoms. The first kappa shape index (κ1) is 18.3. The lowest BCUT2D eigenvalue weighted by Crippen LogP contribution is -2.26. The van der Waals surface area contributed by atoms with Gasteiger partial charge < -0.3 is 5.32 Å². The number of thioether (sulfide) groups is 1. The summed E-state index contributed by atoms with van der Waals surface area (Å²) in [5, 5.41) is 3.02. The van der Waals surface area contributed by atoms with Crippen molar-refractivity contribution in [1.29, 1.82) is 0 Å². The number of halogens is 3. The molecule has 120 valence electrons. The van der Waals surface area contributed by atoms with Gasteiger partial charge in [-0.2, -0.15) is 13.2 Å². The van der Waals surface area contributed by atoms with E-state index in [-0.39, 0.29) is 35.0 Å². The molecule has 21 heavy (non-hydrogen) atoms. The number of sulfonamides is 1. The number of nitrogens with one attached hydrogen (secondary N) is 2. The highest BCUT2D eigenvalue weighted by Crippen LogP contribution is 2.29. The second kappa shape index (κ2) is 7.48. The van der Waals surface area contributed by atoms with Gasteiger partial charge in [-0.15, -0.1) is 0 Å². The number of rotatable bonds is 7. The first-order valence-electron chi connectivity index (χ1n) is 6.13. The van der Waals surface area contributed by atoms with Crippen LogP contribution in [0, 0.1) is 0 Å². The van der Waals surface area contributed by atoms with Crippen LogP contribution < -0.4 is 10.0 Å². The summed E-state index contributed by atoms with van der Waals surface area (Å²) in [6, 6.07) is 6.28. The molecule has 0 fully saturated rings. The van der Waals surface area contributed by atoms with E-state index in [1.54, 1.807) is 19.2 Å². The van der Waals surface area contributed by atoms with Gasteiger partial charge in [-0.25, -0.2) is 13.1 Å². The number of alkyl halides is 3. The lowest BCUT2D eigenvalue weighted by molar-refractivity contribution is -0.0327. The van der Waals surface area contributed by atoms with E-state index >= 15 is 0 Å². The van der Waals surface area contributed by atoms with Crippen molar-refractivity contribution >= 4 is 21.8 Å². The third kappa shape index (κ3) is 6.25. The Balaban J connectivity index is 2.62. The van der Waals surface area contributed by atoms with E-state index < -0.39 is 15.5 Å². The van der Waals surface area contributed by atoms with Crippen LogP contribution in [0.4, 0.5) is 13.2 Å². The van der Waals surface area contributed by atoms with Crippen LogP contribution in [0.3, 0.4) is 0 Å². The highest BCUT2D eigenvalue weighted by Gasteiger charge is 2.27. The number of hydrogen-bond acceptors (Lipinski definition) is 4. The van der Waals surface area contributed by atoms with Crippen molar-refractivity contribution in [2.75, 3.05) is 19.3 Å². The minimum Gasteiger partial charge on any atom is -0.313 e. The number of hydrogen-bond donors (Lipinski definition) is 2. The molecule has 1 atom stereocenters. The Morgan fingerprint density at radius 3 is 2.29 bits per heavy atom. The molecule has 0 heterocycles. The maximum Gasteiger partial charge on any atom is 0.441 e. The minimum atomic E-state index is -4.35. The molecule has 0 bridgehead atoms. The molecule has 0 saturated carbocycles. The van der Waals surface area contributed by atoms with Crippen LogP contribution in [0.1, 0.15) is 18.5 Å². The summed E-state index contributed by atoms with van der Waals surface area (Å²) < 4.78 is 61.7. The first-order valence-corrected chi connectivity index (χ1v) is 8.60. The van der Waals surface area contributed by atoms with Gasteiger partial charge in [0.1, 0.15) is 0 Å². The summed E-state index contributed by atoms with van der Waals surface area (Å²) in [5.74, 6) is -0.363. The van der Waals surface area contributed by atoms with Crippen molar-refractivity contribution in [3.05, 3.63) is 29.8 Å². The van der Waals surface area contributed by atoms with Gasteiger partial charge in [0.15, 0.2) is 0 Å². The van der Waals surface area contributed by atoms with Crippen LogP contribution in [-0.4, -0.2) is 33.3 Å². The molecule has 0 aliphatic rings. The van der Waals surface area contributed by atoms with Crippen molar-refractivity contribution in [3.63, 3.8) is 0 Å². The van der Waals surface area contributed by atoms with Gasteiger partial charge in [-0.3, -0.25) is 0 Å². The zero-order valence-corrected chi connectivity index (χ0v) is 13.2. The van der Waals surface area contributed by atoms with Gasteiger partial charge in [0.25, 0.3) is 0 Å². The molecular weight excluding hydrogens is 325 g/mol. The topological polar surface area (TPSA) is 58.2 Å². The fourth-order valence-corrected chi connectivity index (χ4v) is 3.13. The van der Waals surface area contributed by atoms with Crippen molar-refractivity contribution in [3.8, 4) is 0 Å². The zero-order valence-electron chi connectivity index (χ0n) is 11.6. The molecule has 0 saturated heterocycles. The average molecular weight is 342 g/mol. The number of benzene rings is 1. The molecule has 0 radical (unpaired) electrons. The molecule has 0 amide bonds. The Morgan fingerprint density at radius 1 is 1.24 bits per heavy atom. The summed E-state index contributed by atoms with van der Waals surface area (Å²) in [6.07, 6.45) is 0. The predicted molar refractivity (Wildman–Crippen MR) is 77.6 cm³/mol. The highest BCUT2D eigenvalue weighted by molar-refractivity contribution is 8.00. The van der Waals surface area contributed by atoms with Crippen LogP contribution in [-0.2, 0) is 10.0 Å². The summed E-state index contributed by atoms with van der Waals surface area (Å²) >= 11 is -0.256. The molecule has 9 heteroatoms. The summed E-state index contributed by atoms with van der Waals surface area (Å²) in [6.45, 7) is 1.65. The largest absolute Gasteiger partial charge is 0.441 e. The first-order chi connectivity index (χ1) is 9.65. The van der Waals surface area contributed by atoms with Gasteiger partial charge in [-0.1, -0.05) is 12.1 Å². The summed E-state index contributed by atoms with van der Waals surface area (Å²) in [5.41, 5.74) is -3.43. The van der Waals surface area contributed by atoms with Crippen LogP contribution in [0.2, 0.25) is 0 Å². The molecule has 4 nitrogen and oxygen atoms in total. The molecule has 1 aromatic carbocycles. The van der Waals surface area contributed by atoms with E-state index in [0.717, 1.165) is 5.56 Å². The fourth-order valence-electron chi connectivity index (χ4n) is 1.53. The monoisotopic (exact) mass is 342 g/mol. The molecule has 0 aromatic heterocycles. The molecular formula is C12H17F3N2O2S2. The van der Waals surface area contributed by atoms with Crippen LogP contribution in [0.15, 0.2) is 29.2 Å². The molecule has 2 N–H and O–H groups in total. The van der Waals surface area contributed by atoms with Crippen molar-refractivity contribution in [2.24, 2.45) is 0 Å². The third-order valence-corrected chi connectivity index (χ3v) is 5.00. The van der Waals surface area contributed by atoms with E-state index in [9.17, 15) is 21.6 Å². The van der Waals surface area contributed by atoms with Crippen LogP contribution in [0.25, 0.3) is 0 Å². The second-order valence-electron chi connectivity index (χ2n) is 4.27. The smallest absolute Gasteiger partial charge is 0.313 e. The minimum absolute atomic E-state index is 0.0339. The molecule has 0 aliphatic carbocycles. The quantitative estimate of drug-likeness (QED) is 0.748. The Labute approximate surface area is 126 Å². The SMILES string of the molecule is CNC(C)c1ccc(S(=O)(=O)NCCSC(F)(F)F)cc1. The highest BCUT2D eigenvalue weighted by atomic mass is 32.2. The normalized spacial score (nSPS) is 14.1. The summed E-state index contributed by atoms with van der Waals surface area (Å²) in [4.78, 5) is 0.0339. The second-order valence-corrected chi connectivity index (χ2v) is 7.20. The summed E-state index contributed by atoms with van der Waals surface area (Å²) in [7, 11) is -1.99. The Hall–Kier alpha value is -0.770. The van der Waals surface area contributed by atoms with E-state index in [1.165, 1.54) is 12.1 Å². The predicted octanol–water partition coefficient (Wildman–Crippen LogP) is 2.50. The third-order valence-electron chi connectivity index (χ3n) is 2.78.